The van der Waals surface area contributed by atoms with Crippen LogP contribution in [-0.4, -0.2) is 5.78 Å². The average Bonchev–Trinajstić information content (AvgIpc) is 2.77. The Morgan fingerprint density at radius 2 is 1.63 bits per heavy atom. The minimum Gasteiger partial charge on any atom is -0.372 e. The topological polar surface area (TPSA) is 41.1 Å². The van der Waals surface area contributed by atoms with Crippen LogP contribution in [0.15, 0.2) is 47.7 Å². The van der Waals surface area contributed by atoms with E-state index >= 15 is 0 Å². The number of ketones is 1. The number of benzene rings is 2. The zero-order valence-corrected chi connectivity index (χ0v) is 17.5. The van der Waals surface area contributed by atoms with Crippen molar-refractivity contribution in [2.24, 2.45) is 5.41 Å². The predicted octanol–water partition coefficient (Wildman–Crippen LogP) is 6.54. The van der Waals surface area contributed by atoms with Gasteiger partial charge in [0.2, 0.25) is 0 Å². The van der Waals surface area contributed by atoms with Crippen LogP contribution in [0.3, 0.4) is 0 Å². The second-order valence-corrected chi connectivity index (χ2v) is 9.10. The van der Waals surface area contributed by atoms with Gasteiger partial charge in [-0.3, -0.25) is 4.79 Å². The molecule has 1 aliphatic carbocycles. The van der Waals surface area contributed by atoms with Gasteiger partial charge < -0.3 is 10.6 Å². The quantitative estimate of drug-likeness (QED) is 0.556. The van der Waals surface area contributed by atoms with Crippen molar-refractivity contribution in [1.82, 2.24) is 0 Å². The van der Waals surface area contributed by atoms with Crippen LogP contribution in [0.5, 0.6) is 0 Å². The second kappa shape index (κ2) is 6.89. The Morgan fingerprint density at radius 1 is 1.00 bits per heavy atom. The SMILES string of the molecule is Cc1cc2c(cc1C)NC(c1ccccc1C(F)(F)F)C1=C(CC(C)(C)CC1=O)N2. The monoisotopic (exact) mass is 414 g/mol. The number of halogens is 3. The number of hydrogen-bond acceptors (Lipinski definition) is 3. The molecule has 1 atom stereocenters. The number of aryl methyl sites for hydroxylation is 2. The molecule has 0 bridgehead atoms. The van der Waals surface area contributed by atoms with E-state index in [-0.39, 0.29) is 16.8 Å². The molecule has 3 nitrogen and oxygen atoms in total. The highest BCUT2D eigenvalue weighted by Gasteiger charge is 2.42. The maximum absolute atomic E-state index is 13.8. The highest BCUT2D eigenvalue weighted by molar-refractivity contribution is 6.01. The fourth-order valence-electron chi connectivity index (χ4n) is 4.45. The number of carbonyl (C=O) groups is 1. The first-order chi connectivity index (χ1) is 14.0. The minimum absolute atomic E-state index is 0.0680. The lowest BCUT2D eigenvalue weighted by Crippen LogP contribution is -2.32. The molecule has 158 valence electrons. The van der Waals surface area contributed by atoms with Gasteiger partial charge in [0.05, 0.1) is 23.0 Å². The van der Waals surface area contributed by atoms with E-state index in [4.69, 9.17) is 0 Å². The first-order valence-electron chi connectivity index (χ1n) is 10.0. The number of anilines is 2. The molecular formula is C24H25F3N2O. The first-order valence-corrected chi connectivity index (χ1v) is 10.0. The van der Waals surface area contributed by atoms with Gasteiger partial charge in [-0.25, -0.2) is 0 Å². The summed E-state index contributed by atoms with van der Waals surface area (Å²) in [6.45, 7) is 7.97. The summed E-state index contributed by atoms with van der Waals surface area (Å²) < 4.78 is 41.5. The van der Waals surface area contributed by atoms with Gasteiger partial charge in [0, 0.05) is 17.7 Å². The molecule has 1 unspecified atom stereocenters. The van der Waals surface area contributed by atoms with Crippen molar-refractivity contribution in [3.05, 3.63) is 69.9 Å². The summed E-state index contributed by atoms with van der Waals surface area (Å²) in [6, 6.07) is 8.53. The predicted molar refractivity (Wildman–Crippen MR) is 112 cm³/mol. The summed E-state index contributed by atoms with van der Waals surface area (Å²) >= 11 is 0. The van der Waals surface area contributed by atoms with Gasteiger partial charge >= 0.3 is 6.18 Å². The molecule has 0 radical (unpaired) electrons. The van der Waals surface area contributed by atoms with E-state index in [2.05, 4.69) is 10.6 Å². The van der Waals surface area contributed by atoms with E-state index in [1.807, 2.05) is 39.8 Å². The normalized spacial score (nSPS) is 20.6. The van der Waals surface area contributed by atoms with E-state index in [0.717, 1.165) is 22.9 Å². The lowest BCUT2D eigenvalue weighted by atomic mass is 9.73. The summed E-state index contributed by atoms with van der Waals surface area (Å²) in [5.41, 5.74) is 3.76. The zero-order chi connectivity index (χ0) is 21.8. The van der Waals surface area contributed by atoms with Crippen LogP contribution in [0.4, 0.5) is 24.5 Å². The molecule has 30 heavy (non-hydrogen) atoms. The van der Waals surface area contributed by atoms with Crippen LogP contribution < -0.4 is 10.6 Å². The Labute approximate surface area is 174 Å². The number of nitrogens with one attached hydrogen (secondary N) is 2. The molecule has 4 rings (SSSR count). The van der Waals surface area contributed by atoms with Crippen molar-refractivity contribution in [3.8, 4) is 0 Å². The van der Waals surface area contributed by atoms with Crippen LogP contribution in [0.25, 0.3) is 0 Å². The average molecular weight is 414 g/mol. The number of fused-ring (bicyclic) bond motifs is 1. The number of alkyl halides is 3. The van der Waals surface area contributed by atoms with Crippen molar-refractivity contribution in [1.29, 1.82) is 0 Å². The number of rotatable bonds is 1. The number of hydrogen-bond donors (Lipinski definition) is 2. The second-order valence-electron chi connectivity index (χ2n) is 9.10. The third kappa shape index (κ3) is 3.59. The molecule has 0 saturated carbocycles. The Kier molecular flexibility index (Phi) is 4.71. The van der Waals surface area contributed by atoms with Crippen LogP contribution in [0.2, 0.25) is 0 Å². The molecule has 2 N–H and O–H groups in total. The van der Waals surface area contributed by atoms with Crippen LogP contribution in [0.1, 0.15) is 55.0 Å². The van der Waals surface area contributed by atoms with Gasteiger partial charge in [0.25, 0.3) is 0 Å². The Balaban J connectivity index is 1.96. The van der Waals surface area contributed by atoms with E-state index in [9.17, 15) is 18.0 Å². The van der Waals surface area contributed by atoms with E-state index in [1.54, 1.807) is 6.07 Å². The minimum atomic E-state index is -4.51. The molecular weight excluding hydrogens is 389 g/mol. The van der Waals surface area contributed by atoms with Crippen molar-refractivity contribution in [2.75, 3.05) is 10.6 Å². The smallest absolute Gasteiger partial charge is 0.372 e. The maximum Gasteiger partial charge on any atom is 0.416 e. The Bertz CT molecular complexity index is 1070. The molecule has 6 heteroatoms. The highest BCUT2D eigenvalue weighted by atomic mass is 19.4. The summed E-state index contributed by atoms with van der Waals surface area (Å²) in [5.74, 6) is -0.121. The summed E-state index contributed by atoms with van der Waals surface area (Å²) in [4.78, 5) is 13.2. The number of allylic oxidation sites excluding steroid dienone is 1. The van der Waals surface area contributed by atoms with Crippen molar-refractivity contribution in [3.63, 3.8) is 0 Å². The molecule has 2 aromatic rings. The molecule has 1 aliphatic heterocycles. The largest absolute Gasteiger partial charge is 0.416 e. The van der Waals surface area contributed by atoms with Gasteiger partial charge in [-0.15, -0.1) is 0 Å². The van der Waals surface area contributed by atoms with Gasteiger partial charge in [-0.1, -0.05) is 32.0 Å². The Hall–Kier alpha value is -2.76. The van der Waals surface area contributed by atoms with Crippen molar-refractivity contribution in [2.45, 2.75) is 52.8 Å². The maximum atomic E-state index is 13.8. The first kappa shape index (κ1) is 20.5. The highest BCUT2D eigenvalue weighted by Crippen LogP contribution is 2.47. The lowest BCUT2D eigenvalue weighted by molar-refractivity contribution is -0.138. The molecule has 0 aromatic heterocycles. The van der Waals surface area contributed by atoms with Crippen LogP contribution >= 0.6 is 0 Å². The molecule has 0 spiro atoms. The van der Waals surface area contributed by atoms with Gasteiger partial charge in [-0.05, 0) is 60.6 Å². The standard InChI is InChI=1S/C24H25F3N2O/c1-13-9-17-18(10-14(13)2)29-22(15-7-5-6-8-16(15)24(25,26)27)21-19(28-17)11-23(3,4)12-20(21)30/h5-10,22,28-29H,11-12H2,1-4H3. The Morgan fingerprint density at radius 3 is 2.30 bits per heavy atom. The van der Waals surface area contributed by atoms with E-state index in [0.29, 0.717) is 29.8 Å². The van der Waals surface area contributed by atoms with Crippen LogP contribution in [0, 0.1) is 19.3 Å². The number of Topliss-reactive ketones (excluding diaryl/α,β-unsaturated/α-hetero) is 1. The molecule has 0 saturated heterocycles. The number of carbonyl (C=O) groups excluding carboxylic acids is 1. The van der Waals surface area contributed by atoms with Crippen molar-refractivity contribution >= 4 is 17.2 Å². The zero-order valence-electron chi connectivity index (χ0n) is 17.5. The van der Waals surface area contributed by atoms with Gasteiger partial charge in [-0.2, -0.15) is 13.2 Å². The van der Waals surface area contributed by atoms with Gasteiger partial charge in [0.1, 0.15) is 0 Å². The van der Waals surface area contributed by atoms with Crippen molar-refractivity contribution < 1.29 is 18.0 Å². The summed E-state index contributed by atoms with van der Waals surface area (Å²) in [6.07, 6.45) is -3.62. The molecule has 0 amide bonds. The molecule has 2 aliphatic rings. The fraction of sp³-hybridized carbons (Fsp3) is 0.375. The van der Waals surface area contributed by atoms with E-state index in [1.165, 1.54) is 12.1 Å². The third-order valence-electron chi connectivity index (χ3n) is 6.01. The van der Waals surface area contributed by atoms with Crippen LogP contribution in [-0.2, 0) is 11.0 Å². The third-order valence-corrected chi connectivity index (χ3v) is 6.01. The molecule has 0 fully saturated rings. The summed E-state index contributed by atoms with van der Waals surface area (Å²) in [7, 11) is 0. The fourth-order valence-corrected chi connectivity index (χ4v) is 4.45. The van der Waals surface area contributed by atoms with Gasteiger partial charge in [0.15, 0.2) is 5.78 Å². The summed E-state index contributed by atoms with van der Waals surface area (Å²) in [5, 5.41) is 6.66. The molecule has 2 aromatic carbocycles. The molecule has 1 heterocycles. The lowest BCUT2D eigenvalue weighted by Gasteiger charge is -2.34. The van der Waals surface area contributed by atoms with E-state index < -0.39 is 17.8 Å².